The largest absolute Gasteiger partial charge is 0.444 e. The summed E-state index contributed by atoms with van der Waals surface area (Å²) in [7, 11) is 1.50. The third-order valence-electron chi connectivity index (χ3n) is 8.48. The molecule has 7 rings (SSSR count). The van der Waals surface area contributed by atoms with Crippen LogP contribution in [0.3, 0.4) is 0 Å². The Labute approximate surface area is 261 Å². The van der Waals surface area contributed by atoms with Crippen molar-refractivity contribution in [1.29, 1.82) is 0 Å². The first-order valence-electron chi connectivity index (χ1n) is 14.8. The van der Waals surface area contributed by atoms with E-state index in [0.29, 0.717) is 34.5 Å². The van der Waals surface area contributed by atoms with E-state index in [-0.39, 0.29) is 47.5 Å². The standard InChI is InChI=1S/C32H32F3N7O4/c1-16-9-18(10-17(2)26(16)34)42-29(25-22(37-42)11-19-14-45-15-24(25)41(19)31(44)46-32(3,4)5)40-8-7-39(30(40)43)23-12-21(33)28-20(27(23)35)13-36-38(28)6/h7-10,12-13,19,24H,11,14-15H2,1-6H3/t19-,24-/m0/s1. The predicted molar refractivity (Wildman–Crippen MR) is 161 cm³/mol. The Hall–Kier alpha value is -4.85. The SMILES string of the molecule is Cc1cc(-n2nc3c(c2-n2ccn(-c4cc(F)c5c(cnn5C)c4F)c2=O)[C@@H]2COC[C@H](C3)N2C(=O)OC(C)(C)C)cc(C)c1F. The maximum absolute atomic E-state index is 15.8. The van der Waals surface area contributed by atoms with Crippen LogP contribution in [0.2, 0.25) is 0 Å². The number of carbonyl (C=O) groups excluding carboxylic acids is 1. The molecular weight excluding hydrogens is 603 g/mol. The molecule has 1 saturated heterocycles. The van der Waals surface area contributed by atoms with Crippen molar-refractivity contribution in [2.75, 3.05) is 13.2 Å². The van der Waals surface area contributed by atoms with Gasteiger partial charge in [-0.3, -0.25) is 18.7 Å². The first-order valence-corrected chi connectivity index (χ1v) is 14.8. The zero-order chi connectivity index (χ0) is 32.8. The van der Waals surface area contributed by atoms with Crippen molar-refractivity contribution in [3.05, 3.63) is 87.1 Å². The number of aryl methyl sites for hydroxylation is 3. The number of imidazole rings is 1. The quantitative estimate of drug-likeness (QED) is 0.278. The monoisotopic (exact) mass is 635 g/mol. The molecule has 11 nitrogen and oxygen atoms in total. The van der Waals surface area contributed by atoms with Gasteiger partial charge >= 0.3 is 11.8 Å². The van der Waals surface area contributed by atoms with Gasteiger partial charge in [-0.05, 0) is 57.9 Å². The molecule has 0 aliphatic carbocycles. The summed E-state index contributed by atoms with van der Waals surface area (Å²) < 4.78 is 62.3. The highest BCUT2D eigenvalue weighted by Crippen LogP contribution is 2.41. The van der Waals surface area contributed by atoms with Crippen molar-refractivity contribution < 1.29 is 27.4 Å². The molecule has 0 radical (unpaired) electrons. The van der Waals surface area contributed by atoms with Gasteiger partial charge in [0.15, 0.2) is 11.6 Å². The molecule has 1 fully saturated rings. The first kappa shape index (κ1) is 29.8. The average Bonchev–Trinajstić information content (AvgIpc) is 3.67. The third kappa shape index (κ3) is 4.53. The molecule has 2 atom stereocenters. The van der Waals surface area contributed by atoms with E-state index < -0.39 is 35.1 Å². The van der Waals surface area contributed by atoms with E-state index in [1.807, 2.05) is 0 Å². The topological polar surface area (TPSA) is 101 Å². The number of halogens is 3. The number of benzene rings is 2. The minimum absolute atomic E-state index is 0.0305. The molecule has 5 aromatic rings. The van der Waals surface area contributed by atoms with E-state index in [1.54, 1.807) is 51.7 Å². The molecule has 2 aromatic carbocycles. The summed E-state index contributed by atoms with van der Waals surface area (Å²) >= 11 is 0. The molecule has 2 aliphatic heterocycles. The van der Waals surface area contributed by atoms with Crippen LogP contribution in [-0.2, 0) is 22.9 Å². The highest BCUT2D eigenvalue weighted by Gasteiger charge is 2.46. The summed E-state index contributed by atoms with van der Waals surface area (Å²) in [6.07, 6.45) is 3.74. The van der Waals surface area contributed by atoms with Crippen LogP contribution in [0.15, 0.2) is 41.6 Å². The van der Waals surface area contributed by atoms with Crippen LogP contribution in [0.1, 0.15) is 49.2 Å². The fourth-order valence-corrected chi connectivity index (χ4v) is 6.51. The summed E-state index contributed by atoms with van der Waals surface area (Å²) in [6, 6.07) is 3.13. The number of amides is 1. The highest BCUT2D eigenvalue weighted by atomic mass is 19.1. The molecule has 5 heterocycles. The number of hydrogen-bond acceptors (Lipinski definition) is 6. The number of morpholine rings is 1. The Kier molecular flexibility index (Phi) is 6.71. The van der Waals surface area contributed by atoms with E-state index in [9.17, 15) is 14.0 Å². The summed E-state index contributed by atoms with van der Waals surface area (Å²) in [5.41, 5.74) is 0.585. The Morgan fingerprint density at radius 2 is 1.72 bits per heavy atom. The van der Waals surface area contributed by atoms with Crippen LogP contribution in [0.4, 0.5) is 18.0 Å². The maximum atomic E-state index is 15.8. The van der Waals surface area contributed by atoms with Crippen molar-refractivity contribution in [2.45, 2.75) is 58.7 Å². The molecular formula is C32H32F3N7O4. The van der Waals surface area contributed by atoms with Crippen molar-refractivity contribution in [3.63, 3.8) is 0 Å². The Balaban J connectivity index is 1.46. The van der Waals surface area contributed by atoms with Crippen LogP contribution in [0.25, 0.3) is 28.1 Å². The summed E-state index contributed by atoms with van der Waals surface area (Å²) in [4.78, 5) is 29.4. The smallest absolute Gasteiger partial charge is 0.411 e. The van der Waals surface area contributed by atoms with Gasteiger partial charge in [-0.1, -0.05) is 0 Å². The fraction of sp³-hybridized carbons (Fsp3) is 0.375. The Morgan fingerprint density at radius 1 is 1.02 bits per heavy atom. The molecule has 1 amide bonds. The van der Waals surface area contributed by atoms with E-state index in [2.05, 4.69) is 5.10 Å². The van der Waals surface area contributed by atoms with E-state index >= 15 is 8.78 Å². The lowest BCUT2D eigenvalue weighted by Crippen LogP contribution is -2.55. The van der Waals surface area contributed by atoms with Crippen molar-refractivity contribution in [3.8, 4) is 17.2 Å². The Bertz CT molecular complexity index is 2100. The lowest BCUT2D eigenvalue weighted by atomic mass is 9.92. The molecule has 0 saturated carbocycles. The molecule has 0 spiro atoms. The molecule has 14 heteroatoms. The number of ether oxygens (including phenoxy) is 2. The van der Waals surface area contributed by atoms with Crippen LogP contribution in [0, 0.1) is 31.3 Å². The molecule has 0 N–H and O–H groups in total. The molecule has 2 bridgehead atoms. The van der Waals surface area contributed by atoms with Crippen molar-refractivity contribution in [1.82, 2.24) is 33.6 Å². The van der Waals surface area contributed by atoms with Gasteiger partial charge in [-0.25, -0.2) is 27.4 Å². The minimum Gasteiger partial charge on any atom is -0.444 e. The summed E-state index contributed by atoms with van der Waals surface area (Å²) in [5.74, 6) is -1.67. The average molecular weight is 636 g/mol. The number of rotatable bonds is 3. The van der Waals surface area contributed by atoms with E-state index in [1.165, 1.54) is 39.6 Å². The fourth-order valence-electron chi connectivity index (χ4n) is 6.51. The van der Waals surface area contributed by atoms with Gasteiger partial charge in [0.1, 0.15) is 22.8 Å². The zero-order valence-electron chi connectivity index (χ0n) is 26.1. The van der Waals surface area contributed by atoms with Crippen molar-refractivity contribution >= 4 is 17.0 Å². The van der Waals surface area contributed by atoms with Gasteiger partial charge in [0.25, 0.3) is 0 Å². The summed E-state index contributed by atoms with van der Waals surface area (Å²) in [6.45, 7) is 8.98. The number of hydrogen-bond donors (Lipinski definition) is 0. The van der Waals surface area contributed by atoms with Gasteiger partial charge in [0.2, 0.25) is 0 Å². The van der Waals surface area contributed by atoms with Gasteiger partial charge in [-0.2, -0.15) is 10.2 Å². The highest BCUT2D eigenvalue weighted by molar-refractivity contribution is 5.82. The number of fused-ring (bicyclic) bond motifs is 5. The van der Waals surface area contributed by atoms with Gasteiger partial charge in [0, 0.05) is 37.5 Å². The van der Waals surface area contributed by atoms with Gasteiger partial charge in [-0.15, -0.1) is 0 Å². The Morgan fingerprint density at radius 3 is 2.41 bits per heavy atom. The second-order valence-electron chi connectivity index (χ2n) is 12.8. The lowest BCUT2D eigenvalue weighted by molar-refractivity contribution is -0.0675. The molecule has 0 unspecified atom stereocenters. The number of nitrogens with zero attached hydrogens (tertiary/aromatic N) is 7. The van der Waals surface area contributed by atoms with Crippen LogP contribution in [0.5, 0.6) is 0 Å². The predicted octanol–water partition coefficient (Wildman–Crippen LogP) is 4.97. The lowest BCUT2D eigenvalue weighted by Gasteiger charge is -2.45. The second-order valence-corrected chi connectivity index (χ2v) is 12.8. The first-order chi connectivity index (χ1) is 21.7. The number of aromatic nitrogens is 6. The minimum atomic E-state index is -0.815. The van der Waals surface area contributed by atoms with Crippen molar-refractivity contribution in [2.24, 2.45) is 7.05 Å². The molecule has 3 aromatic heterocycles. The zero-order valence-corrected chi connectivity index (χ0v) is 26.1. The van der Waals surface area contributed by atoms with Gasteiger partial charge < -0.3 is 9.47 Å². The third-order valence-corrected chi connectivity index (χ3v) is 8.48. The molecule has 2 aliphatic rings. The van der Waals surface area contributed by atoms with Crippen LogP contribution in [-0.4, -0.2) is 64.5 Å². The maximum Gasteiger partial charge on any atom is 0.411 e. The normalized spacial score (nSPS) is 17.9. The second kappa shape index (κ2) is 10.3. The van der Waals surface area contributed by atoms with E-state index in [4.69, 9.17) is 14.6 Å². The summed E-state index contributed by atoms with van der Waals surface area (Å²) in [5, 5.41) is 8.79. The van der Waals surface area contributed by atoms with Gasteiger partial charge in [0.05, 0.1) is 53.9 Å². The number of carbonyl (C=O) groups is 1. The molecule has 240 valence electrons. The van der Waals surface area contributed by atoms with Crippen LogP contribution < -0.4 is 5.69 Å². The van der Waals surface area contributed by atoms with E-state index in [0.717, 1.165) is 10.6 Å². The molecule has 46 heavy (non-hydrogen) atoms. The van der Waals surface area contributed by atoms with Crippen LogP contribution >= 0.6 is 0 Å².